The van der Waals surface area contributed by atoms with Crippen molar-refractivity contribution in [2.24, 2.45) is 0 Å². The van der Waals surface area contributed by atoms with Crippen LogP contribution in [0.25, 0.3) is 0 Å². The van der Waals surface area contributed by atoms with Crippen molar-refractivity contribution in [3.05, 3.63) is 33.3 Å². The van der Waals surface area contributed by atoms with Gasteiger partial charge >= 0.3 is 6.03 Å². The highest BCUT2D eigenvalue weighted by Crippen LogP contribution is 2.40. The fourth-order valence-electron chi connectivity index (χ4n) is 3.19. The third-order valence-corrected chi connectivity index (χ3v) is 5.06. The summed E-state index contributed by atoms with van der Waals surface area (Å²) in [4.78, 5) is 22.2. The van der Waals surface area contributed by atoms with Crippen LogP contribution >= 0.6 is 11.6 Å². The number of amides is 2. The Morgan fingerprint density at radius 3 is 2.50 bits per heavy atom. The monoisotopic (exact) mass is 385 g/mol. The van der Waals surface area contributed by atoms with E-state index < -0.39 is 22.3 Å². The Balaban J connectivity index is 1.50. The first-order valence-electron chi connectivity index (χ1n) is 8.30. The van der Waals surface area contributed by atoms with E-state index >= 15 is 0 Å². The molecule has 3 rings (SSSR count). The van der Waals surface area contributed by atoms with E-state index in [1.807, 2.05) is 0 Å². The fraction of sp³-hybridized carbons (Fsp3) is 0.562. The van der Waals surface area contributed by atoms with Gasteiger partial charge in [-0.15, -0.1) is 0 Å². The van der Waals surface area contributed by atoms with Crippen LogP contribution < -0.4 is 10.6 Å². The van der Waals surface area contributed by atoms with Crippen molar-refractivity contribution in [1.82, 2.24) is 5.32 Å². The second-order valence-corrected chi connectivity index (χ2v) is 6.97. The number of nitro benzene ring substituents is 1. The quantitative estimate of drug-likeness (QED) is 0.540. The first-order valence-corrected chi connectivity index (χ1v) is 8.68. The topological polar surface area (TPSA) is 123 Å². The number of halogens is 1. The molecule has 1 saturated carbocycles. The van der Waals surface area contributed by atoms with Crippen molar-refractivity contribution >= 4 is 29.0 Å². The molecule has 1 saturated heterocycles. The Labute approximate surface area is 154 Å². The molecule has 1 aliphatic carbocycles. The standard InChI is InChI=1S/C16H20ClN3O6/c17-12-9-11(20(23)24)1-2-13(12)19-14(21)18-10-15(22)3-5-16(6-4-15)25-7-8-26-16/h1-2,9,22H,3-8,10H2,(H2,18,19,21). The minimum absolute atomic E-state index is 0.0585. The van der Waals surface area contributed by atoms with Crippen LogP contribution in [0, 0.1) is 10.1 Å². The van der Waals surface area contributed by atoms with Gasteiger partial charge in [-0.05, 0) is 18.9 Å². The second kappa shape index (κ2) is 7.36. The number of hydrogen-bond acceptors (Lipinski definition) is 6. The number of carbonyl (C=O) groups is 1. The molecule has 0 bridgehead atoms. The molecule has 10 heteroatoms. The van der Waals surface area contributed by atoms with Gasteiger partial charge < -0.3 is 25.2 Å². The molecule has 26 heavy (non-hydrogen) atoms. The van der Waals surface area contributed by atoms with E-state index in [-0.39, 0.29) is 22.9 Å². The summed E-state index contributed by atoms with van der Waals surface area (Å²) in [5.74, 6) is -0.583. The molecule has 1 aliphatic heterocycles. The van der Waals surface area contributed by atoms with Crippen LogP contribution in [-0.2, 0) is 9.47 Å². The van der Waals surface area contributed by atoms with Gasteiger partial charge in [-0.2, -0.15) is 0 Å². The maximum Gasteiger partial charge on any atom is 0.319 e. The van der Waals surface area contributed by atoms with Crippen molar-refractivity contribution in [1.29, 1.82) is 0 Å². The van der Waals surface area contributed by atoms with E-state index in [1.54, 1.807) is 0 Å². The number of nitro groups is 1. The number of rotatable bonds is 4. The van der Waals surface area contributed by atoms with Gasteiger partial charge in [-0.3, -0.25) is 10.1 Å². The summed E-state index contributed by atoms with van der Waals surface area (Å²) in [7, 11) is 0. The number of hydrogen-bond donors (Lipinski definition) is 3. The molecule has 1 aromatic carbocycles. The normalized spacial score (nSPS) is 20.7. The maximum absolute atomic E-state index is 12.0. The molecule has 0 unspecified atom stereocenters. The molecular formula is C16H20ClN3O6. The third kappa shape index (κ3) is 4.24. The van der Waals surface area contributed by atoms with Gasteiger partial charge in [0.1, 0.15) is 0 Å². The summed E-state index contributed by atoms with van der Waals surface area (Å²) in [6, 6.07) is 3.21. The molecule has 1 aromatic rings. The Kier molecular flexibility index (Phi) is 5.33. The average Bonchev–Trinajstić information content (AvgIpc) is 3.07. The minimum atomic E-state index is -1.03. The van der Waals surface area contributed by atoms with E-state index in [0.717, 1.165) is 6.07 Å². The Morgan fingerprint density at radius 2 is 1.92 bits per heavy atom. The van der Waals surface area contributed by atoms with Crippen LogP contribution in [0.15, 0.2) is 18.2 Å². The van der Waals surface area contributed by atoms with Gasteiger partial charge in [0.2, 0.25) is 0 Å². The number of benzene rings is 1. The molecule has 2 fully saturated rings. The number of anilines is 1. The molecule has 1 heterocycles. The van der Waals surface area contributed by atoms with Crippen molar-refractivity contribution in [2.75, 3.05) is 25.1 Å². The molecular weight excluding hydrogens is 366 g/mol. The van der Waals surface area contributed by atoms with E-state index in [0.29, 0.717) is 38.9 Å². The first kappa shape index (κ1) is 18.8. The number of carbonyl (C=O) groups excluding carboxylic acids is 1. The predicted molar refractivity (Wildman–Crippen MR) is 93.2 cm³/mol. The number of aliphatic hydroxyl groups is 1. The number of ether oxygens (including phenoxy) is 2. The number of urea groups is 1. The van der Waals surface area contributed by atoms with Gasteiger partial charge in [0, 0.05) is 31.5 Å². The van der Waals surface area contributed by atoms with Crippen LogP contribution in [-0.4, -0.2) is 47.2 Å². The number of non-ortho nitro benzene ring substituents is 1. The summed E-state index contributed by atoms with van der Waals surface area (Å²) in [5, 5.41) is 26.5. The molecule has 9 nitrogen and oxygen atoms in total. The summed E-state index contributed by atoms with van der Waals surface area (Å²) in [5.41, 5.74) is -0.947. The highest BCUT2D eigenvalue weighted by molar-refractivity contribution is 6.33. The fourth-order valence-corrected chi connectivity index (χ4v) is 3.41. The second-order valence-electron chi connectivity index (χ2n) is 6.56. The summed E-state index contributed by atoms with van der Waals surface area (Å²) < 4.78 is 11.2. The van der Waals surface area contributed by atoms with Crippen LogP contribution in [0.1, 0.15) is 25.7 Å². The maximum atomic E-state index is 12.0. The molecule has 0 radical (unpaired) electrons. The molecule has 0 atom stereocenters. The minimum Gasteiger partial charge on any atom is -0.388 e. The number of nitrogens with zero attached hydrogens (tertiary/aromatic N) is 1. The Morgan fingerprint density at radius 1 is 1.27 bits per heavy atom. The summed E-state index contributed by atoms with van der Waals surface area (Å²) in [6.07, 6.45) is 2.04. The van der Waals surface area contributed by atoms with Crippen molar-refractivity contribution in [3.63, 3.8) is 0 Å². The first-order chi connectivity index (χ1) is 12.3. The molecule has 142 valence electrons. The zero-order chi connectivity index (χ0) is 18.8. The van der Waals surface area contributed by atoms with E-state index in [2.05, 4.69) is 10.6 Å². The Bertz CT molecular complexity index is 697. The largest absolute Gasteiger partial charge is 0.388 e. The molecule has 2 amide bonds. The lowest BCUT2D eigenvalue weighted by Gasteiger charge is -2.40. The van der Waals surface area contributed by atoms with E-state index in [9.17, 15) is 20.0 Å². The average molecular weight is 386 g/mol. The van der Waals surface area contributed by atoms with Gasteiger partial charge in [0.15, 0.2) is 5.79 Å². The van der Waals surface area contributed by atoms with Gasteiger partial charge in [-0.25, -0.2) is 4.79 Å². The lowest BCUT2D eigenvalue weighted by molar-refractivity contribution is -0.384. The van der Waals surface area contributed by atoms with Crippen LogP contribution in [0.4, 0.5) is 16.2 Å². The molecule has 3 N–H and O–H groups in total. The molecule has 1 spiro atoms. The van der Waals surface area contributed by atoms with Crippen molar-refractivity contribution in [2.45, 2.75) is 37.1 Å². The summed E-state index contributed by atoms with van der Waals surface area (Å²) in [6.45, 7) is 1.20. The van der Waals surface area contributed by atoms with E-state index in [4.69, 9.17) is 21.1 Å². The highest BCUT2D eigenvalue weighted by atomic mass is 35.5. The van der Waals surface area contributed by atoms with Crippen molar-refractivity contribution < 1.29 is 24.3 Å². The van der Waals surface area contributed by atoms with Gasteiger partial charge in [0.05, 0.1) is 34.4 Å². The summed E-state index contributed by atoms with van der Waals surface area (Å²) >= 11 is 5.94. The predicted octanol–water partition coefficient (Wildman–Crippen LogP) is 2.42. The van der Waals surface area contributed by atoms with Crippen LogP contribution in [0.2, 0.25) is 5.02 Å². The zero-order valence-corrected chi connectivity index (χ0v) is 14.8. The highest BCUT2D eigenvalue weighted by Gasteiger charge is 2.45. The van der Waals surface area contributed by atoms with Crippen molar-refractivity contribution in [3.8, 4) is 0 Å². The van der Waals surface area contributed by atoms with Crippen LogP contribution in [0.5, 0.6) is 0 Å². The van der Waals surface area contributed by atoms with Gasteiger partial charge in [0.25, 0.3) is 5.69 Å². The zero-order valence-electron chi connectivity index (χ0n) is 14.0. The number of nitrogens with one attached hydrogen (secondary N) is 2. The third-order valence-electron chi connectivity index (χ3n) is 4.75. The lowest BCUT2D eigenvalue weighted by atomic mass is 9.81. The Hall–Kier alpha value is -1.94. The molecule has 0 aromatic heterocycles. The van der Waals surface area contributed by atoms with E-state index in [1.165, 1.54) is 12.1 Å². The van der Waals surface area contributed by atoms with Crippen LogP contribution in [0.3, 0.4) is 0 Å². The smallest absolute Gasteiger partial charge is 0.319 e. The molecule has 2 aliphatic rings. The lowest BCUT2D eigenvalue weighted by Crippen LogP contribution is -2.50. The van der Waals surface area contributed by atoms with Gasteiger partial charge in [-0.1, -0.05) is 11.6 Å². The SMILES string of the molecule is O=C(NCC1(O)CCC2(CC1)OCCO2)Nc1ccc([N+](=O)[O-])cc1Cl.